The van der Waals surface area contributed by atoms with E-state index < -0.39 is 0 Å². The van der Waals surface area contributed by atoms with E-state index in [-0.39, 0.29) is 17.7 Å². The van der Waals surface area contributed by atoms with Gasteiger partial charge in [-0.2, -0.15) is 0 Å². The number of aromatic hydroxyl groups is 1. The molecule has 3 nitrogen and oxygen atoms in total. The molecule has 1 unspecified atom stereocenters. The average molecular weight is 343 g/mol. The molecule has 0 radical (unpaired) electrons. The normalized spacial score (nSPS) is 19.0. The number of phenolic OH excluding ortho intramolecular Hbond substituents is 1. The average Bonchev–Trinajstić information content (AvgIpc) is 2.33. The van der Waals surface area contributed by atoms with Gasteiger partial charge >= 0.3 is 0 Å². The van der Waals surface area contributed by atoms with Gasteiger partial charge < -0.3 is 10.4 Å². The third-order valence-electron chi connectivity index (χ3n) is 2.81. The fourth-order valence-corrected chi connectivity index (χ4v) is 2.37. The van der Waals surface area contributed by atoms with Gasteiger partial charge in [-0.15, -0.1) is 0 Å². The second-order valence-corrected chi connectivity index (χ2v) is 5.36. The van der Waals surface area contributed by atoms with Crippen molar-refractivity contribution < 1.29 is 9.90 Å². The highest BCUT2D eigenvalue weighted by atomic mass is 127. The number of nitrogens with one attached hydrogen (secondary N) is 1. The number of benzene rings is 1. The maximum absolute atomic E-state index is 12.0. The summed E-state index contributed by atoms with van der Waals surface area (Å²) in [6, 6.07) is 5.21. The maximum Gasteiger partial charge on any atom is 0.255 e. The standard InChI is InChI=1S/C13H14INO2/c14-9-6-7-12(16)11(8-9)13(17)15-10-4-2-1-3-5-10/h1-2,6-8,10,16H,3-5H2,(H,15,17). The highest BCUT2D eigenvalue weighted by molar-refractivity contribution is 14.1. The molecule has 1 atom stereocenters. The molecule has 0 aliphatic heterocycles. The third-order valence-corrected chi connectivity index (χ3v) is 3.48. The molecule has 0 aromatic heterocycles. The van der Waals surface area contributed by atoms with E-state index >= 15 is 0 Å². The zero-order valence-corrected chi connectivity index (χ0v) is 11.5. The Labute approximate surface area is 114 Å². The second kappa shape index (κ2) is 5.53. The zero-order valence-electron chi connectivity index (χ0n) is 9.32. The van der Waals surface area contributed by atoms with Crippen LogP contribution in [-0.4, -0.2) is 17.1 Å². The van der Waals surface area contributed by atoms with Crippen molar-refractivity contribution >= 4 is 28.5 Å². The number of allylic oxidation sites excluding steroid dienone is 1. The summed E-state index contributed by atoms with van der Waals surface area (Å²) in [6.07, 6.45) is 7.06. The summed E-state index contributed by atoms with van der Waals surface area (Å²) < 4.78 is 0.939. The van der Waals surface area contributed by atoms with Gasteiger partial charge in [-0.3, -0.25) is 4.79 Å². The first-order chi connectivity index (χ1) is 8.16. The predicted octanol–water partition coefficient (Wildman–Crippen LogP) is 2.84. The lowest BCUT2D eigenvalue weighted by molar-refractivity contribution is 0.0932. The topological polar surface area (TPSA) is 49.3 Å². The van der Waals surface area contributed by atoms with Crippen LogP contribution in [0.4, 0.5) is 0 Å². The lowest BCUT2D eigenvalue weighted by Crippen LogP contribution is -2.35. The molecule has 1 aromatic carbocycles. The zero-order chi connectivity index (χ0) is 12.3. The van der Waals surface area contributed by atoms with Gasteiger partial charge in [-0.05, 0) is 60.1 Å². The monoisotopic (exact) mass is 343 g/mol. The van der Waals surface area contributed by atoms with Gasteiger partial charge in [0.1, 0.15) is 5.75 Å². The predicted molar refractivity (Wildman–Crippen MR) is 75.1 cm³/mol. The van der Waals surface area contributed by atoms with E-state index in [4.69, 9.17) is 0 Å². The van der Waals surface area contributed by atoms with E-state index in [1.165, 1.54) is 0 Å². The van der Waals surface area contributed by atoms with Crippen LogP contribution in [0.3, 0.4) is 0 Å². The van der Waals surface area contributed by atoms with Crippen molar-refractivity contribution in [3.05, 3.63) is 39.5 Å². The van der Waals surface area contributed by atoms with Crippen LogP contribution in [0.25, 0.3) is 0 Å². The number of phenols is 1. The molecule has 90 valence electrons. The van der Waals surface area contributed by atoms with E-state index in [0.717, 1.165) is 22.8 Å². The summed E-state index contributed by atoms with van der Waals surface area (Å²) in [5.41, 5.74) is 0.353. The van der Waals surface area contributed by atoms with Crippen LogP contribution in [0, 0.1) is 3.57 Å². The molecule has 0 bridgehead atoms. The first kappa shape index (κ1) is 12.4. The summed E-state index contributed by atoms with van der Waals surface area (Å²) >= 11 is 2.12. The number of carbonyl (C=O) groups is 1. The Balaban J connectivity index is 2.08. The molecular formula is C13H14INO2. The number of carbonyl (C=O) groups excluding carboxylic acids is 1. The Morgan fingerprint density at radius 2 is 2.24 bits per heavy atom. The molecule has 1 aliphatic carbocycles. The van der Waals surface area contributed by atoms with Crippen molar-refractivity contribution in [2.45, 2.75) is 25.3 Å². The SMILES string of the molecule is O=C(NC1CC=CCC1)c1cc(I)ccc1O. The van der Waals surface area contributed by atoms with Crippen LogP contribution in [0.5, 0.6) is 5.75 Å². The summed E-state index contributed by atoms with van der Waals surface area (Å²) in [5, 5.41) is 12.6. The molecule has 0 spiro atoms. The van der Waals surface area contributed by atoms with Crippen molar-refractivity contribution in [2.75, 3.05) is 0 Å². The van der Waals surface area contributed by atoms with Crippen molar-refractivity contribution in [1.29, 1.82) is 0 Å². The Bertz CT molecular complexity index is 457. The van der Waals surface area contributed by atoms with Gasteiger partial charge in [-0.1, -0.05) is 12.2 Å². The smallest absolute Gasteiger partial charge is 0.255 e. The van der Waals surface area contributed by atoms with Crippen molar-refractivity contribution in [1.82, 2.24) is 5.32 Å². The fraction of sp³-hybridized carbons (Fsp3) is 0.308. The number of rotatable bonds is 2. The molecule has 1 aliphatic rings. The molecule has 17 heavy (non-hydrogen) atoms. The summed E-state index contributed by atoms with van der Waals surface area (Å²) in [7, 11) is 0. The lowest BCUT2D eigenvalue weighted by atomic mass is 10.0. The van der Waals surface area contributed by atoms with E-state index in [0.29, 0.717) is 5.56 Å². The Morgan fingerprint density at radius 3 is 2.94 bits per heavy atom. The molecular weight excluding hydrogens is 329 g/mol. The fourth-order valence-electron chi connectivity index (χ4n) is 1.88. The first-order valence-electron chi connectivity index (χ1n) is 5.61. The minimum absolute atomic E-state index is 0.0364. The summed E-state index contributed by atoms with van der Waals surface area (Å²) in [6.45, 7) is 0. The van der Waals surface area contributed by atoms with Crippen LogP contribution in [-0.2, 0) is 0 Å². The van der Waals surface area contributed by atoms with Gasteiger partial charge in [0.05, 0.1) is 5.56 Å². The Kier molecular flexibility index (Phi) is 4.04. The molecule has 4 heteroatoms. The van der Waals surface area contributed by atoms with Gasteiger partial charge in [0.2, 0.25) is 0 Å². The molecule has 2 N–H and O–H groups in total. The van der Waals surface area contributed by atoms with E-state index in [9.17, 15) is 9.90 Å². The van der Waals surface area contributed by atoms with Crippen molar-refractivity contribution in [3.63, 3.8) is 0 Å². The number of amides is 1. The van der Waals surface area contributed by atoms with Gasteiger partial charge in [-0.25, -0.2) is 0 Å². The number of hydrogen-bond acceptors (Lipinski definition) is 2. The molecule has 0 saturated heterocycles. The third kappa shape index (κ3) is 3.21. The van der Waals surface area contributed by atoms with Gasteiger partial charge in [0, 0.05) is 9.61 Å². The molecule has 2 rings (SSSR count). The maximum atomic E-state index is 12.0. The molecule has 1 amide bonds. The van der Waals surface area contributed by atoms with Crippen LogP contribution >= 0.6 is 22.6 Å². The van der Waals surface area contributed by atoms with Crippen LogP contribution in [0.2, 0.25) is 0 Å². The van der Waals surface area contributed by atoms with Gasteiger partial charge in [0.25, 0.3) is 5.91 Å². The highest BCUT2D eigenvalue weighted by Crippen LogP contribution is 2.20. The van der Waals surface area contributed by atoms with Crippen LogP contribution in [0.15, 0.2) is 30.4 Å². The summed E-state index contributed by atoms with van der Waals surface area (Å²) in [4.78, 5) is 12.0. The van der Waals surface area contributed by atoms with Crippen LogP contribution in [0.1, 0.15) is 29.6 Å². The van der Waals surface area contributed by atoms with Crippen molar-refractivity contribution in [3.8, 4) is 5.75 Å². The van der Waals surface area contributed by atoms with E-state index in [1.54, 1.807) is 18.2 Å². The molecule has 0 saturated carbocycles. The molecule has 0 heterocycles. The van der Waals surface area contributed by atoms with Crippen molar-refractivity contribution in [2.24, 2.45) is 0 Å². The first-order valence-corrected chi connectivity index (χ1v) is 6.69. The molecule has 1 aromatic rings. The number of hydrogen-bond donors (Lipinski definition) is 2. The minimum Gasteiger partial charge on any atom is -0.507 e. The Hall–Kier alpha value is -1.04. The quantitative estimate of drug-likeness (QED) is 0.641. The molecule has 0 fully saturated rings. The van der Waals surface area contributed by atoms with E-state index in [2.05, 4.69) is 40.1 Å². The largest absolute Gasteiger partial charge is 0.507 e. The summed E-state index contributed by atoms with van der Waals surface area (Å²) in [5.74, 6) is -0.157. The minimum atomic E-state index is -0.193. The lowest BCUT2D eigenvalue weighted by Gasteiger charge is -2.19. The van der Waals surface area contributed by atoms with Crippen LogP contribution < -0.4 is 5.32 Å². The highest BCUT2D eigenvalue weighted by Gasteiger charge is 2.16. The van der Waals surface area contributed by atoms with E-state index in [1.807, 2.05) is 0 Å². The number of halogens is 1. The Morgan fingerprint density at radius 1 is 1.41 bits per heavy atom. The second-order valence-electron chi connectivity index (χ2n) is 4.12. The van der Waals surface area contributed by atoms with Gasteiger partial charge in [0.15, 0.2) is 0 Å².